The van der Waals surface area contributed by atoms with E-state index in [1.807, 2.05) is 20.8 Å². The summed E-state index contributed by atoms with van der Waals surface area (Å²) >= 11 is 0. The van der Waals surface area contributed by atoms with Crippen LogP contribution in [0.1, 0.15) is 233 Å². The lowest BCUT2D eigenvalue weighted by molar-refractivity contribution is 0.0706. The van der Waals surface area contributed by atoms with Gasteiger partial charge in [0.25, 0.3) is 0 Å². The van der Waals surface area contributed by atoms with Gasteiger partial charge in [0.2, 0.25) is 0 Å². The van der Waals surface area contributed by atoms with Gasteiger partial charge in [0, 0.05) is 25.9 Å². The Morgan fingerprint density at radius 2 is 0.457 bits per heavy atom. The standard InChI is InChI=1S/C41H87NO3Si/c1-4-43-46(44-5-2,45-6-3)41-39-37-35-33-31-29-27-25-23-21-19-17-15-13-11-9-7-8-10-12-14-16-18-20-22-24-26-28-30-32-34-36-38-40-42/h4-42H2,1-3H3. The van der Waals surface area contributed by atoms with Gasteiger partial charge in [-0.2, -0.15) is 0 Å². The van der Waals surface area contributed by atoms with E-state index >= 15 is 0 Å². The molecule has 46 heavy (non-hydrogen) atoms. The zero-order valence-electron chi connectivity index (χ0n) is 32.2. The van der Waals surface area contributed by atoms with Crippen LogP contribution in [0.15, 0.2) is 0 Å². The molecule has 0 saturated carbocycles. The van der Waals surface area contributed by atoms with Gasteiger partial charge < -0.3 is 19.0 Å². The average Bonchev–Trinajstić information content (AvgIpc) is 3.05. The van der Waals surface area contributed by atoms with E-state index in [-0.39, 0.29) is 0 Å². The topological polar surface area (TPSA) is 53.7 Å². The molecule has 0 aromatic heterocycles. The van der Waals surface area contributed by atoms with Gasteiger partial charge in [-0.1, -0.05) is 199 Å². The number of unbranched alkanes of at least 4 members (excludes halogenated alkanes) is 32. The molecule has 0 aliphatic heterocycles. The molecule has 0 radical (unpaired) electrons. The van der Waals surface area contributed by atoms with Gasteiger partial charge in [0.15, 0.2) is 0 Å². The minimum Gasteiger partial charge on any atom is -0.374 e. The molecule has 0 aromatic rings. The summed E-state index contributed by atoms with van der Waals surface area (Å²) in [5.74, 6) is 0. The zero-order valence-corrected chi connectivity index (χ0v) is 33.2. The van der Waals surface area contributed by atoms with Crippen LogP contribution < -0.4 is 5.73 Å². The largest absolute Gasteiger partial charge is 0.500 e. The van der Waals surface area contributed by atoms with Crippen LogP contribution in [0.25, 0.3) is 0 Å². The van der Waals surface area contributed by atoms with Crippen LogP contribution in [0.5, 0.6) is 0 Å². The van der Waals surface area contributed by atoms with Gasteiger partial charge in [0.05, 0.1) is 0 Å². The summed E-state index contributed by atoms with van der Waals surface area (Å²) in [6.45, 7) is 9.06. The summed E-state index contributed by atoms with van der Waals surface area (Å²) in [5.41, 5.74) is 5.56. The van der Waals surface area contributed by atoms with Gasteiger partial charge in [-0.15, -0.1) is 0 Å². The molecule has 0 atom stereocenters. The van der Waals surface area contributed by atoms with Crippen molar-refractivity contribution in [2.75, 3.05) is 26.4 Å². The first-order valence-electron chi connectivity index (χ1n) is 21.4. The number of hydrogen-bond acceptors (Lipinski definition) is 4. The third-order valence-corrected chi connectivity index (χ3v) is 12.9. The number of hydrogen-bond donors (Lipinski definition) is 1. The number of rotatable bonds is 41. The van der Waals surface area contributed by atoms with Crippen LogP contribution in [0, 0.1) is 0 Å². The summed E-state index contributed by atoms with van der Waals surface area (Å²) < 4.78 is 17.9. The van der Waals surface area contributed by atoms with E-state index < -0.39 is 8.80 Å². The molecule has 0 bridgehead atoms. The highest BCUT2D eigenvalue weighted by Gasteiger charge is 2.39. The summed E-state index contributed by atoms with van der Waals surface area (Å²) in [6.07, 6.45) is 47.1. The van der Waals surface area contributed by atoms with Crippen LogP contribution in [0.2, 0.25) is 6.04 Å². The Labute approximate surface area is 292 Å². The molecule has 4 nitrogen and oxygen atoms in total. The van der Waals surface area contributed by atoms with Crippen molar-refractivity contribution >= 4 is 8.80 Å². The third-order valence-electron chi connectivity index (χ3n) is 9.78. The number of nitrogens with two attached hydrogens (primary N) is 1. The van der Waals surface area contributed by atoms with Crippen LogP contribution in [-0.2, 0) is 13.3 Å². The fourth-order valence-electron chi connectivity index (χ4n) is 6.97. The molecule has 0 aromatic carbocycles. The van der Waals surface area contributed by atoms with Crippen molar-refractivity contribution in [3.63, 3.8) is 0 Å². The fraction of sp³-hybridized carbons (Fsp3) is 1.00. The van der Waals surface area contributed by atoms with E-state index in [0.717, 1.165) is 12.6 Å². The van der Waals surface area contributed by atoms with Crippen molar-refractivity contribution in [1.29, 1.82) is 0 Å². The van der Waals surface area contributed by atoms with Gasteiger partial charge in [0.1, 0.15) is 0 Å². The maximum absolute atomic E-state index is 5.97. The second kappa shape index (κ2) is 39.5. The molecule has 0 rings (SSSR count). The first-order valence-corrected chi connectivity index (χ1v) is 23.3. The normalized spacial score (nSPS) is 12.0. The first kappa shape index (κ1) is 46.1. The molecule has 278 valence electrons. The third kappa shape index (κ3) is 33.9. The van der Waals surface area contributed by atoms with E-state index in [2.05, 4.69) is 0 Å². The molecule has 0 aliphatic rings. The fourth-order valence-corrected chi connectivity index (χ4v) is 9.65. The Bertz CT molecular complexity index is 533. The quantitative estimate of drug-likeness (QED) is 0.0520. The lowest BCUT2D eigenvalue weighted by atomic mass is 10.0. The molecular formula is C41H87NO3Si. The average molecular weight is 670 g/mol. The second-order valence-corrected chi connectivity index (χ2v) is 16.9. The Hall–Kier alpha value is 0.0569. The lowest BCUT2D eigenvalue weighted by Crippen LogP contribution is -2.45. The van der Waals surface area contributed by atoms with E-state index in [4.69, 9.17) is 19.0 Å². The molecule has 0 amide bonds. The predicted molar refractivity (Wildman–Crippen MR) is 207 cm³/mol. The maximum atomic E-state index is 5.97. The Kier molecular flexibility index (Phi) is 39.5. The molecule has 0 fully saturated rings. The maximum Gasteiger partial charge on any atom is 0.500 e. The van der Waals surface area contributed by atoms with E-state index in [9.17, 15) is 0 Å². The summed E-state index contributed by atoms with van der Waals surface area (Å²) in [7, 11) is -2.42. The molecule has 0 saturated heterocycles. The van der Waals surface area contributed by atoms with Crippen LogP contribution in [0.3, 0.4) is 0 Å². The highest BCUT2D eigenvalue weighted by atomic mass is 28.4. The van der Waals surface area contributed by atoms with Gasteiger partial charge in [-0.3, -0.25) is 0 Å². The Morgan fingerprint density at radius 3 is 0.630 bits per heavy atom. The monoisotopic (exact) mass is 670 g/mol. The van der Waals surface area contributed by atoms with Crippen molar-refractivity contribution in [2.24, 2.45) is 5.73 Å². The molecular weight excluding hydrogens is 583 g/mol. The summed E-state index contributed by atoms with van der Waals surface area (Å²) in [6, 6.07) is 0.973. The van der Waals surface area contributed by atoms with Crippen molar-refractivity contribution < 1.29 is 13.3 Å². The zero-order chi connectivity index (χ0) is 33.5. The van der Waals surface area contributed by atoms with Crippen LogP contribution in [-0.4, -0.2) is 35.2 Å². The predicted octanol–water partition coefficient (Wildman–Crippen LogP) is 13.9. The van der Waals surface area contributed by atoms with Crippen molar-refractivity contribution in [2.45, 2.75) is 239 Å². The second-order valence-electron chi connectivity index (χ2n) is 14.2. The van der Waals surface area contributed by atoms with E-state index in [1.54, 1.807) is 0 Å². The minimum atomic E-state index is -2.42. The van der Waals surface area contributed by atoms with Crippen molar-refractivity contribution in [3.8, 4) is 0 Å². The van der Waals surface area contributed by atoms with Crippen LogP contribution >= 0.6 is 0 Å². The molecule has 0 unspecified atom stereocenters. The Balaban J connectivity index is 3.22. The first-order chi connectivity index (χ1) is 22.7. The van der Waals surface area contributed by atoms with Crippen molar-refractivity contribution in [1.82, 2.24) is 0 Å². The summed E-state index contributed by atoms with van der Waals surface area (Å²) in [4.78, 5) is 0. The molecule has 0 spiro atoms. The molecule has 0 aliphatic carbocycles. The molecule has 5 heteroatoms. The van der Waals surface area contributed by atoms with Gasteiger partial charge >= 0.3 is 8.80 Å². The SMILES string of the molecule is CCO[Si](CCCCCCCCCCCCCCCCCCCCCCCCCCCCCCCCCCCN)(OCC)OCC. The molecule has 2 N–H and O–H groups in total. The molecule has 0 heterocycles. The van der Waals surface area contributed by atoms with Crippen molar-refractivity contribution in [3.05, 3.63) is 0 Å². The van der Waals surface area contributed by atoms with Gasteiger partial charge in [-0.05, 0) is 40.2 Å². The van der Waals surface area contributed by atoms with Gasteiger partial charge in [-0.25, -0.2) is 0 Å². The highest BCUT2D eigenvalue weighted by molar-refractivity contribution is 6.60. The Morgan fingerprint density at radius 1 is 0.283 bits per heavy atom. The summed E-state index contributed by atoms with van der Waals surface area (Å²) in [5, 5.41) is 0. The van der Waals surface area contributed by atoms with E-state index in [0.29, 0.717) is 19.8 Å². The lowest BCUT2D eigenvalue weighted by Gasteiger charge is -2.28. The van der Waals surface area contributed by atoms with Crippen LogP contribution in [0.4, 0.5) is 0 Å². The highest BCUT2D eigenvalue weighted by Crippen LogP contribution is 2.21. The van der Waals surface area contributed by atoms with E-state index in [1.165, 1.54) is 212 Å². The smallest absolute Gasteiger partial charge is 0.374 e. The minimum absolute atomic E-state index is 0.685.